The molecule has 0 fully saturated rings. The van der Waals surface area contributed by atoms with Gasteiger partial charge in [0.25, 0.3) is 0 Å². The van der Waals surface area contributed by atoms with Crippen LogP contribution in [0.15, 0.2) is 23.7 Å². The summed E-state index contributed by atoms with van der Waals surface area (Å²) in [5.74, 6) is 1.49. The van der Waals surface area contributed by atoms with E-state index < -0.39 is 0 Å². The molecular weight excluding hydrogens is 272 g/mol. The van der Waals surface area contributed by atoms with Crippen LogP contribution >= 0.6 is 11.3 Å². The second kappa shape index (κ2) is 5.46. The van der Waals surface area contributed by atoms with E-state index in [-0.39, 0.29) is 0 Å². The molecule has 0 unspecified atom stereocenters. The minimum Gasteiger partial charge on any atom is -0.359 e. The summed E-state index contributed by atoms with van der Waals surface area (Å²) in [6, 6.07) is 4.24. The van der Waals surface area contributed by atoms with Gasteiger partial charge in [0.2, 0.25) is 5.95 Å². The molecule has 0 saturated carbocycles. The number of hydrogen-bond acceptors (Lipinski definition) is 6. The molecule has 0 saturated heterocycles. The molecule has 0 aliphatic carbocycles. The zero-order chi connectivity index (χ0) is 13.9. The molecule has 0 aliphatic heterocycles. The molecule has 7 heteroatoms. The van der Waals surface area contributed by atoms with E-state index >= 15 is 0 Å². The molecule has 0 atom stereocenters. The van der Waals surface area contributed by atoms with Gasteiger partial charge < -0.3 is 10.2 Å². The second-order valence-corrected chi connectivity index (χ2v) is 5.54. The molecule has 0 radical (unpaired) electrons. The highest BCUT2D eigenvalue weighted by Gasteiger charge is 2.12. The molecular formula is C13H16N6S. The molecule has 0 aliphatic rings. The Morgan fingerprint density at radius 3 is 3.05 bits per heavy atom. The number of fused-ring (bicyclic) bond motifs is 1. The lowest BCUT2D eigenvalue weighted by Crippen LogP contribution is -2.22. The predicted octanol–water partition coefficient (Wildman–Crippen LogP) is 2.13. The zero-order valence-corrected chi connectivity index (χ0v) is 12.2. The first-order valence-corrected chi connectivity index (χ1v) is 7.28. The van der Waals surface area contributed by atoms with Gasteiger partial charge in [0, 0.05) is 25.5 Å². The van der Waals surface area contributed by atoms with Gasteiger partial charge in [-0.05, 0) is 17.9 Å². The Hall–Kier alpha value is -2.15. The van der Waals surface area contributed by atoms with Crippen LogP contribution in [0.1, 0.15) is 4.88 Å². The van der Waals surface area contributed by atoms with Gasteiger partial charge in [-0.15, -0.1) is 11.3 Å². The first-order chi connectivity index (χ1) is 9.78. The Kier molecular flexibility index (Phi) is 3.51. The third-order valence-electron chi connectivity index (χ3n) is 3.15. The molecule has 6 nitrogen and oxygen atoms in total. The van der Waals surface area contributed by atoms with Gasteiger partial charge in [0.15, 0.2) is 5.65 Å². The molecule has 2 N–H and O–H groups in total. The van der Waals surface area contributed by atoms with Gasteiger partial charge in [-0.1, -0.05) is 6.07 Å². The summed E-state index contributed by atoms with van der Waals surface area (Å²) in [5.41, 5.74) is 0.752. The number of aromatic nitrogens is 4. The van der Waals surface area contributed by atoms with E-state index in [1.165, 1.54) is 4.88 Å². The molecule has 3 rings (SSSR count). The molecule has 20 heavy (non-hydrogen) atoms. The van der Waals surface area contributed by atoms with E-state index in [0.717, 1.165) is 29.8 Å². The van der Waals surface area contributed by atoms with Gasteiger partial charge in [-0.25, -0.2) is 0 Å². The fourth-order valence-corrected chi connectivity index (χ4v) is 2.76. The van der Waals surface area contributed by atoms with Gasteiger partial charge in [-0.2, -0.15) is 15.1 Å². The molecule has 3 aromatic heterocycles. The first-order valence-electron chi connectivity index (χ1n) is 6.40. The Morgan fingerprint density at radius 1 is 1.40 bits per heavy atom. The monoisotopic (exact) mass is 288 g/mol. The van der Waals surface area contributed by atoms with E-state index in [9.17, 15) is 0 Å². The van der Waals surface area contributed by atoms with Gasteiger partial charge in [-0.3, -0.25) is 5.10 Å². The van der Waals surface area contributed by atoms with Crippen molar-refractivity contribution in [1.29, 1.82) is 0 Å². The van der Waals surface area contributed by atoms with Crippen molar-refractivity contribution in [3.8, 4) is 0 Å². The minimum atomic E-state index is 0.597. The number of thiophene rings is 1. The number of H-pyrrole nitrogens is 1. The molecule has 3 heterocycles. The molecule has 0 aromatic carbocycles. The van der Waals surface area contributed by atoms with Crippen molar-refractivity contribution < 1.29 is 0 Å². The molecule has 0 spiro atoms. The SMILES string of the molecule is CNc1nc(N(C)CCc2cccs2)c2cn[nH]c2n1. The summed E-state index contributed by atoms with van der Waals surface area (Å²) in [4.78, 5) is 12.4. The lowest BCUT2D eigenvalue weighted by atomic mass is 10.3. The largest absolute Gasteiger partial charge is 0.359 e. The Labute approximate surface area is 120 Å². The third kappa shape index (κ3) is 2.44. The Bertz CT molecular complexity index is 690. The lowest BCUT2D eigenvalue weighted by Gasteiger charge is -2.18. The van der Waals surface area contributed by atoms with Crippen molar-refractivity contribution in [3.05, 3.63) is 28.6 Å². The zero-order valence-electron chi connectivity index (χ0n) is 11.4. The van der Waals surface area contributed by atoms with E-state index in [0.29, 0.717) is 5.95 Å². The molecule has 0 amide bonds. The quantitative estimate of drug-likeness (QED) is 0.752. The highest BCUT2D eigenvalue weighted by Crippen LogP contribution is 2.23. The summed E-state index contributed by atoms with van der Waals surface area (Å²) in [6.45, 7) is 0.904. The molecule has 3 aromatic rings. The van der Waals surface area contributed by atoms with Crippen LogP contribution < -0.4 is 10.2 Å². The lowest BCUT2D eigenvalue weighted by molar-refractivity contribution is 0.872. The summed E-state index contributed by atoms with van der Waals surface area (Å²) in [7, 11) is 3.86. The van der Waals surface area contributed by atoms with Crippen LogP contribution in [0.3, 0.4) is 0 Å². The minimum absolute atomic E-state index is 0.597. The van der Waals surface area contributed by atoms with Crippen molar-refractivity contribution in [3.63, 3.8) is 0 Å². The van der Waals surface area contributed by atoms with Crippen LogP contribution in [0.2, 0.25) is 0 Å². The number of anilines is 2. The third-order valence-corrected chi connectivity index (χ3v) is 4.08. The van der Waals surface area contributed by atoms with Crippen molar-refractivity contribution in [2.24, 2.45) is 0 Å². The number of nitrogens with zero attached hydrogens (tertiary/aromatic N) is 4. The number of likely N-dealkylation sites (N-methyl/N-ethyl adjacent to an activating group) is 1. The van der Waals surface area contributed by atoms with Crippen LogP contribution in [0.4, 0.5) is 11.8 Å². The van der Waals surface area contributed by atoms with Crippen LogP contribution in [0, 0.1) is 0 Å². The standard InChI is InChI=1S/C13H16N6S/c1-14-13-16-11-10(8-15-18-11)12(17-13)19(2)6-5-9-4-3-7-20-9/h3-4,7-8H,5-6H2,1-2H3,(H2,14,15,16,17,18). The van der Waals surface area contributed by atoms with Crippen LogP contribution in [0.25, 0.3) is 11.0 Å². The number of nitrogens with one attached hydrogen (secondary N) is 2. The summed E-state index contributed by atoms with van der Waals surface area (Å²) >= 11 is 1.78. The number of hydrogen-bond donors (Lipinski definition) is 2. The second-order valence-electron chi connectivity index (χ2n) is 4.50. The van der Waals surface area contributed by atoms with Crippen molar-refractivity contribution in [2.75, 3.05) is 30.9 Å². The highest BCUT2D eigenvalue weighted by molar-refractivity contribution is 7.09. The van der Waals surface area contributed by atoms with E-state index in [1.807, 2.05) is 14.1 Å². The van der Waals surface area contributed by atoms with Gasteiger partial charge in [0.1, 0.15) is 5.82 Å². The van der Waals surface area contributed by atoms with Crippen LogP contribution in [0.5, 0.6) is 0 Å². The molecule has 0 bridgehead atoms. The average Bonchev–Trinajstić information content (AvgIpc) is 3.14. The predicted molar refractivity (Wildman–Crippen MR) is 82.5 cm³/mol. The Balaban J connectivity index is 1.86. The van der Waals surface area contributed by atoms with Crippen molar-refractivity contribution in [2.45, 2.75) is 6.42 Å². The fraction of sp³-hybridized carbons (Fsp3) is 0.308. The Morgan fingerprint density at radius 2 is 2.30 bits per heavy atom. The summed E-state index contributed by atoms with van der Waals surface area (Å²) < 4.78 is 0. The fourth-order valence-electron chi connectivity index (χ4n) is 2.06. The van der Waals surface area contributed by atoms with Crippen molar-refractivity contribution in [1.82, 2.24) is 20.2 Å². The van der Waals surface area contributed by atoms with Crippen LogP contribution in [-0.4, -0.2) is 40.8 Å². The van der Waals surface area contributed by atoms with E-state index in [1.54, 1.807) is 17.5 Å². The number of rotatable bonds is 5. The maximum Gasteiger partial charge on any atom is 0.226 e. The maximum atomic E-state index is 4.54. The van der Waals surface area contributed by atoms with Gasteiger partial charge >= 0.3 is 0 Å². The average molecular weight is 288 g/mol. The topological polar surface area (TPSA) is 69.7 Å². The normalized spacial score (nSPS) is 10.9. The summed E-state index contributed by atoms with van der Waals surface area (Å²) in [6.07, 6.45) is 2.78. The number of aromatic amines is 1. The van der Waals surface area contributed by atoms with Gasteiger partial charge in [0.05, 0.1) is 11.6 Å². The summed E-state index contributed by atoms with van der Waals surface area (Å²) in [5, 5.41) is 13.0. The van der Waals surface area contributed by atoms with E-state index in [2.05, 4.69) is 47.9 Å². The smallest absolute Gasteiger partial charge is 0.226 e. The first kappa shape index (κ1) is 12.9. The van der Waals surface area contributed by atoms with Crippen molar-refractivity contribution >= 4 is 34.1 Å². The maximum absolute atomic E-state index is 4.54. The van der Waals surface area contributed by atoms with Crippen LogP contribution in [-0.2, 0) is 6.42 Å². The highest BCUT2D eigenvalue weighted by atomic mass is 32.1. The van der Waals surface area contributed by atoms with E-state index in [4.69, 9.17) is 0 Å². The molecule has 104 valence electrons.